The molecule has 0 fully saturated rings. The van der Waals surface area contributed by atoms with Gasteiger partial charge < -0.3 is 31.1 Å². The molecule has 0 radical (unpaired) electrons. The van der Waals surface area contributed by atoms with Crippen molar-refractivity contribution in [2.24, 2.45) is 0 Å². The van der Waals surface area contributed by atoms with E-state index in [4.69, 9.17) is 20.4 Å². The first-order chi connectivity index (χ1) is 8.84. The van der Waals surface area contributed by atoms with Gasteiger partial charge in [0.2, 0.25) is 0 Å². The maximum Gasteiger partial charge on any atom is 0.332 e. The zero-order chi connectivity index (χ0) is 14.8. The number of hydrogen-bond acceptors (Lipinski definition) is 6. The molecule has 0 rings (SSSR count). The Morgan fingerprint density at radius 1 is 0.947 bits per heavy atom. The average Bonchev–Trinajstić information content (AvgIpc) is 2.30. The molecule has 0 spiro atoms. The van der Waals surface area contributed by atoms with E-state index in [-0.39, 0.29) is 32.5 Å². The van der Waals surface area contributed by atoms with Gasteiger partial charge in [0, 0.05) is 0 Å². The highest BCUT2D eigenvalue weighted by Gasteiger charge is 2.18. The number of rotatable bonds is 11. The molecule has 0 aromatic heterocycles. The highest BCUT2D eigenvalue weighted by Crippen LogP contribution is 1.95. The number of carbonyl (C=O) groups is 3. The van der Waals surface area contributed by atoms with Crippen molar-refractivity contribution in [3.05, 3.63) is 0 Å². The third-order valence-electron chi connectivity index (χ3n) is 2.28. The summed E-state index contributed by atoms with van der Waals surface area (Å²) in [5, 5.41) is 39.8. The largest absolute Gasteiger partial charge is 0.480 e. The zero-order valence-electron chi connectivity index (χ0n) is 10.2. The van der Waals surface area contributed by atoms with Crippen molar-refractivity contribution in [1.82, 2.24) is 10.6 Å². The van der Waals surface area contributed by atoms with Gasteiger partial charge in [0.05, 0.1) is 6.54 Å². The number of aliphatic carboxylic acids is 3. The van der Waals surface area contributed by atoms with Gasteiger partial charge in [-0.25, -0.2) is 4.79 Å². The van der Waals surface area contributed by atoms with Crippen molar-refractivity contribution >= 4 is 17.9 Å². The second-order valence-electron chi connectivity index (χ2n) is 3.85. The fourth-order valence-corrected chi connectivity index (χ4v) is 1.27. The molecule has 0 bridgehead atoms. The first kappa shape index (κ1) is 17.3. The van der Waals surface area contributed by atoms with Gasteiger partial charge in [0.1, 0.15) is 6.04 Å². The summed E-state index contributed by atoms with van der Waals surface area (Å²) in [6.45, 7) is -0.0365. The second-order valence-corrected chi connectivity index (χ2v) is 3.85. The van der Waals surface area contributed by atoms with E-state index in [1.165, 1.54) is 0 Å². The summed E-state index contributed by atoms with van der Waals surface area (Å²) in [4.78, 5) is 31.4. The van der Waals surface area contributed by atoms with E-state index in [1.807, 2.05) is 0 Å². The molecule has 9 heteroatoms. The predicted molar refractivity (Wildman–Crippen MR) is 62.8 cm³/mol. The summed E-state index contributed by atoms with van der Waals surface area (Å²) in [5.74, 6) is -3.52. The van der Waals surface area contributed by atoms with E-state index >= 15 is 0 Å². The standard InChI is InChI=1S/C10H18N2O7/c13-7(10(18)19)2-4-12-6(9(16)17)1-3-11-5-8(14)15/h6-7,11-13H,1-5H2,(H,14,15)(H,16,17)(H,18,19)/t6-,7-/m0/s1. The lowest BCUT2D eigenvalue weighted by atomic mass is 10.2. The number of carboxylic acids is 3. The lowest BCUT2D eigenvalue weighted by molar-refractivity contribution is -0.146. The monoisotopic (exact) mass is 278 g/mol. The average molecular weight is 278 g/mol. The van der Waals surface area contributed by atoms with Crippen molar-refractivity contribution in [3.8, 4) is 0 Å². The molecule has 2 atom stereocenters. The molecule has 0 aromatic rings. The van der Waals surface area contributed by atoms with Crippen LogP contribution in [-0.4, -0.2) is 70.1 Å². The topological polar surface area (TPSA) is 156 Å². The molecule has 9 nitrogen and oxygen atoms in total. The van der Waals surface area contributed by atoms with Crippen LogP contribution in [0.2, 0.25) is 0 Å². The third kappa shape index (κ3) is 8.94. The summed E-state index contributed by atoms with van der Waals surface area (Å²) in [7, 11) is 0. The molecule has 110 valence electrons. The maximum atomic E-state index is 10.9. The van der Waals surface area contributed by atoms with Crippen LogP contribution in [0.15, 0.2) is 0 Å². The smallest absolute Gasteiger partial charge is 0.332 e. The fourth-order valence-electron chi connectivity index (χ4n) is 1.27. The van der Waals surface area contributed by atoms with Gasteiger partial charge in [-0.3, -0.25) is 9.59 Å². The van der Waals surface area contributed by atoms with Crippen LogP contribution in [0.4, 0.5) is 0 Å². The minimum absolute atomic E-state index is 0.0311. The fraction of sp³-hybridized carbons (Fsp3) is 0.700. The minimum Gasteiger partial charge on any atom is -0.480 e. The third-order valence-corrected chi connectivity index (χ3v) is 2.28. The van der Waals surface area contributed by atoms with Crippen LogP contribution < -0.4 is 10.6 Å². The molecule has 19 heavy (non-hydrogen) atoms. The Morgan fingerprint density at radius 2 is 1.58 bits per heavy atom. The van der Waals surface area contributed by atoms with Crippen molar-refractivity contribution in [3.63, 3.8) is 0 Å². The van der Waals surface area contributed by atoms with Gasteiger partial charge in [-0.05, 0) is 25.9 Å². The number of carboxylic acid groups (broad SMARTS) is 3. The Morgan fingerprint density at radius 3 is 2.05 bits per heavy atom. The van der Waals surface area contributed by atoms with E-state index in [0.717, 1.165) is 0 Å². The number of hydrogen-bond donors (Lipinski definition) is 6. The summed E-state index contributed by atoms with van der Waals surface area (Å²) >= 11 is 0. The van der Waals surface area contributed by atoms with Crippen LogP contribution in [-0.2, 0) is 14.4 Å². The van der Waals surface area contributed by atoms with E-state index in [9.17, 15) is 14.4 Å². The van der Waals surface area contributed by atoms with E-state index in [0.29, 0.717) is 0 Å². The van der Waals surface area contributed by atoms with Crippen LogP contribution in [0.1, 0.15) is 12.8 Å². The Hall–Kier alpha value is -1.71. The van der Waals surface area contributed by atoms with Crippen molar-refractivity contribution in [2.75, 3.05) is 19.6 Å². The molecule has 0 unspecified atom stereocenters. The molecule has 0 aromatic carbocycles. The first-order valence-electron chi connectivity index (χ1n) is 5.64. The van der Waals surface area contributed by atoms with Gasteiger partial charge in [-0.15, -0.1) is 0 Å². The predicted octanol–water partition coefficient (Wildman–Crippen LogP) is -2.07. The number of aliphatic hydroxyl groups excluding tert-OH is 1. The molecule has 0 saturated heterocycles. The molecule has 0 saturated carbocycles. The van der Waals surface area contributed by atoms with Gasteiger partial charge in [0.25, 0.3) is 0 Å². The van der Waals surface area contributed by atoms with Crippen molar-refractivity contribution in [2.45, 2.75) is 25.0 Å². The van der Waals surface area contributed by atoms with E-state index in [2.05, 4.69) is 10.6 Å². The highest BCUT2D eigenvalue weighted by atomic mass is 16.4. The SMILES string of the molecule is O=C(O)CNCC[C@H](NCC[C@H](O)C(=O)O)C(=O)O. The molecule has 0 aliphatic rings. The van der Waals surface area contributed by atoms with Crippen LogP contribution in [0.3, 0.4) is 0 Å². The van der Waals surface area contributed by atoms with Gasteiger partial charge in [-0.2, -0.15) is 0 Å². The molecule has 0 aliphatic carbocycles. The van der Waals surface area contributed by atoms with Crippen LogP contribution in [0, 0.1) is 0 Å². The number of nitrogens with one attached hydrogen (secondary N) is 2. The molecule has 0 aliphatic heterocycles. The van der Waals surface area contributed by atoms with Crippen molar-refractivity contribution in [1.29, 1.82) is 0 Å². The normalized spacial score (nSPS) is 13.7. The van der Waals surface area contributed by atoms with Crippen LogP contribution in [0.5, 0.6) is 0 Å². The molecule has 0 amide bonds. The summed E-state index contributed by atoms with van der Waals surface area (Å²) in [6.07, 6.45) is -1.50. The molecule has 0 heterocycles. The molecular weight excluding hydrogens is 260 g/mol. The summed E-state index contributed by atoms with van der Waals surface area (Å²) in [5.41, 5.74) is 0. The van der Waals surface area contributed by atoms with Gasteiger partial charge >= 0.3 is 17.9 Å². The number of aliphatic hydroxyl groups is 1. The maximum absolute atomic E-state index is 10.9. The van der Waals surface area contributed by atoms with Crippen LogP contribution in [0.25, 0.3) is 0 Å². The van der Waals surface area contributed by atoms with Crippen LogP contribution >= 0.6 is 0 Å². The minimum atomic E-state index is -1.54. The first-order valence-corrected chi connectivity index (χ1v) is 5.64. The Balaban J connectivity index is 3.90. The van der Waals surface area contributed by atoms with Gasteiger partial charge in [-0.1, -0.05) is 0 Å². The van der Waals surface area contributed by atoms with E-state index in [1.54, 1.807) is 0 Å². The Bertz CT molecular complexity index is 321. The molecular formula is C10H18N2O7. The molecule has 6 N–H and O–H groups in total. The Labute approximate surface area is 109 Å². The zero-order valence-corrected chi connectivity index (χ0v) is 10.2. The van der Waals surface area contributed by atoms with Crippen molar-refractivity contribution < 1.29 is 34.8 Å². The quantitative estimate of drug-likeness (QED) is 0.234. The van der Waals surface area contributed by atoms with Gasteiger partial charge in [0.15, 0.2) is 6.10 Å². The van der Waals surface area contributed by atoms with E-state index < -0.39 is 30.1 Å². The lowest BCUT2D eigenvalue weighted by Crippen LogP contribution is -2.41. The Kier molecular flexibility index (Phi) is 8.42. The highest BCUT2D eigenvalue weighted by molar-refractivity contribution is 5.73. The second kappa shape index (κ2) is 9.25. The lowest BCUT2D eigenvalue weighted by Gasteiger charge is -2.15. The summed E-state index contributed by atoms with van der Waals surface area (Å²) in [6, 6.07) is -0.928. The summed E-state index contributed by atoms with van der Waals surface area (Å²) < 4.78 is 0.